The van der Waals surface area contributed by atoms with Crippen LogP contribution in [0.1, 0.15) is 23.7 Å². The second-order valence-corrected chi connectivity index (χ2v) is 6.92. The normalized spacial score (nSPS) is 26.9. The largest absolute Gasteiger partial charge is 0.315 e. The molecule has 1 saturated heterocycles. The van der Waals surface area contributed by atoms with Crippen molar-refractivity contribution in [3.05, 3.63) is 21.6 Å². The van der Waals surface area contributed by atoms with Crippen molar-refractivity contribution in [3.8, 4) is 0 Å². The molecule has 17 heavy (non-hydrogen) atoms. The molecule has 94 valence electrons. The number of aromatic nitrogens is 2. The predicted octanol–water partition coefficient (Wildman–Crippen LogP) is -0.818. The molecule has 1 atom stereocenters. The van der Waals surface area contributed by atoms with E-state index >= 15 is 0 Å². The van der Waals surface area contributed by atoms with Crippen molar-refractivity contribution >= 4 is 9.84 Å². The summed E-state index contributed by atoms with van der Waals surface area (Å²) in [4.78, 5) is 12.1. The first kappa shape index (κ1) is 11.0. The van der Waals surface area contributed by atoms with Gasteiger partial charge in [-0.3, -0.25) is 9.89 Å². The van der Waals surface area contributed by atoms with Gasteiger partial charge in [0.15, 0.2) is 9.84 Å². The molecule has 1 fully saturated rings. The summed E-state index contributed by atoms with van der Waals surface area (Å²) in [6.07, 6.45) is 1.34. The number of aryl methyl sites for hydroxylation is 1. The summed E-state index contributed by atoms with van der Waals surface area (Å²) in [6, 6.07) is 0.135. The highest BCUT2D eigenvalue weighted by molar-refractivity contribution is 7.90. The zero-order valence-electron chi connectivity index (χ0n) is 9.40. The molecule has 1 aromatic rings. The van der Waals surface area contributed by atoms with Crippen LogP contribution in [-0.4, -0.2) is 37.0 Å². The van der Waals surface area contributed by atoms with E-state index in [1.54, 1.807) is 4.68 Å². The van der Waals surface area contributed by atoms with Crippen LogP contribution in [0.5, 0.6) is 0 Å². The summed E-state index contributed by atoms with van der Waals surface area (Å²) in [5.74, 6) is 0.0354. The van der Waals surface area contributed by atoms with E-state index in [-0.39, 0.29) is 23.1 Å². The molecule has 2 aliphatic rings. The van der Waals surface area contributed by atoms with Gasteiger partial charge in [-0.15, -0.1) is 0 Å². The molecule has 0 aliphatic carbocycles. The number of sulfone groups is 1. The van der Waals surface area contributed by atoms with Gasteiger partial charge in [0.25, 0.3) is 5.56 Å². The number of rotatable bonds is 1. The van der Waals surface area contributed by atoms with E-state index in [1.807, 2.05) is 0 Å². The highest BCUT2D eigenvalue weighted by Crippen LogP contribution is 2.19. The minimum absolute atomic E-state index is 0.106. The van der Waals surface area contributed by atoms with Gasteiger partial charge in [-0.25, -0.2) is 13.1 Å². The Morgan fingerprint density at radius 1 is 1.35 bits per heavy atom. The molecule has 7 heteroatoms. The number of nitrogens with one attached hydrogen (secondary N) is 2. The van der Waals surface area contributed by atoms with E-state index < -0.39 is 9.84 Å². The van der Waals surface area contributed by atoms with Crippen LogP contribution < -0.4 is 10.9 Å². The molecule has 3 heterocycles. The van der Waals surface area contributed by atoms with Crippen LogP contribution in [0.3, 0.4) is 0 Å². The maximum Gasteiger partial charge on any atom is 0.271 e. The summed E-state index contributed by atoms with van der Waals surface area (Å²) in [5, 5.41) is 6.28. The average molecular weight is 257 g/mol. The molecule has 2 aliphatic heterocycles. The molecule has 2 N–H and O–H groups in total. The first-order chi connectivity index (χ1) is 8.07. The van der Waals surface area contributed by atoms with Gasteiger partial charge in [-0.2, -0.15) is 0 Å². The maximum atomic E-state index is 12.1. The lowest BCUT2D eigenvalue weighted by atomic mass is 10.2. The molecule has 0 spiro atoms. The summed E-state index contributed by atoms with van der Waals surface area (Å²) >= 11 is 0. The first-order valence-corrected chi connectivity index (χ1v) is 7.62. The van der Waals surface area contributed by atoms with Crippen molar-refractivity contribution in [2.24, 2.45) is 0 Å². The van der Waals surface area contributed by atoms with Crippen LogP contribution in [0.25, 0.3) is 0 Å². The van der Waals surface area contributed by atoms with Gasteiger partial charge >= 0.3 is 0 Å². The van der Waals surface area contributed by atoms with E-state index in [1.165, 1.54) is 0 Å². The molecule has 0 aromatic carbocycles. The minimum atomic E-state index is -3.08. The number of hydrogen-bond donors (Lipinski definition) is 2. The van der Waals surface area contributed by atoms with Crippen molar-refractivity contribution in [2.75, 3.05) is 18.8 Å². The fourth-order valence-electron chi connectivity index (χ4n) is 2.56. The van der Waals surface area contributed by atoms with E-state index in [9.17, 15) is 13.2 Å². The fraction of sp³-hybridized carbons (Fsp3) is 0.700. The van der Waals surface area contributed by atoms with Crippen LogP contribution in [0.4, 0.5) is 0 Å². The topological polar surface area (TPSA) is 84.0 Å². The van der Waals surface area contributed by atoms with Crippen molar-refractivity contribution in [2.45, 2.75) is 24.6 Å². The molecule has 6 nitrogen and oxygen atoms in total. The van der Waals surface area contributed by atoms with Crippen LogP contribution in [0.2, 0.25) is 0 Å². The van der Waals surface area contributed by atoms with Gasteiger partial charge in [-0.1, -0.05) is 0 Å². The van der Waals surface area contributed by atoms with Crippen LogP contribution in [-0.2, 0) is 22.0 Å². The van der Waals surface area contributed by atoms with Gasteiger partial charge in [0.1, 0.15) is 0 Å². The third-order valence-electron chi connectivity index (χ3n) is 3.52. The monoisotopic (exact) mass is 257 g/mol. The number of hydrogen-bond acceptors (Lipinski definition) is 4. The fourth-order valence-corrected chi connectivity index (χ4v) is 3.96. The van der Waals surface area contributed by atoms with Gasteiger partial charge in [0.05, 0.1) is 23.1 Å². The van der Waals surface area contributed by atoms with Crippen molar-refractivity contribution in [3.63, 3.8) is 0 Å². The quantitative estimate of drug-likeness (QED) is 0.688. The Morgan fingerprint density at radius 3 is 2.88 bits per heavy atom. The van der Waals surface area contributed by atoms with Crippen molar-refractivity contribution in [1.29, 1.82) is 0 Å². The number of aromatic amines is 1. The van der Waals surface area contributed by atoms with Crippen LogP contribution in [0.15, 0.2) is 4.79 Å². The molecule has 0 bridgehead atoms. The number of H-pyrrole nitrogens is 1. The third kappa shape index (κ3) is 1.83. The summed E-state index contributed by atoms with van der Waals surface area (Å²) in [5.41, 5.74) is 1.09. The Balaban J connectivity index is 2.04. The van der Waals surface area contributed by atoms with Gasteiger partial charge in [0.2, 0.25) is 0 Å². The Kier molecular flexibility index (Phi) is 2.41. The molecule has 1 unspecified atom stereocenters. The molecule has 0 saturated carbocycles. The Morgan fingerprint density at radius 2 is 2.18 bits per heavy atom. The predicted molar refractivity (Wildman–Crippen MR) is 62.8 cm³/mol. The smallest absolute Gasteiger partial charge is 0.271 e. The van der Waals surface area contributed by atoms with Crippen molar-refractivity contribution < 1.29 is 8.42 Å². The summed E-state index contributed by atoms with van der Waals surface area (Å²) in [7, 11) is -3.08. The van der Waals surface area contributed by atoms with Crippen molar-refractivity contribution in [1.82, 2.24) is 15.1 Å². The standard InChI is InChI=1S/C10H15N3O3S/c14-10-8-6-17(15,16)4-2-9(8)12-13(10)7-1-3-11-5-7/h7,11-12H,1-6H2. The molecular weight excluding hydrogens is 242 g/mol. The Hall–Kier alpha value is -1.08. The number of nitrogens with zero attached hydrogens (tertiary/aromatic N) is 1. The van der Waals surface area contributed by atoms with E-state index in [4.69, 9.17) is 0 Å². The lowest BCUT2D eigenvalue weighted by Crippen LogP contribution is -2.27. The Bertz CT molecular complexity index is 593. The van der Waals surface area contributed by atoms with Gasteiger partial charge < -0.3 is 5.32 Å². The maximum absolute atomic E-state index is 12.1. The van der Waals surface area contributed by atoms with Gasteiger partial charge in [0, 0.05) is 18.7 Å². The zero-order chi connectivity index (χ0) is 12.0. The SMILES string of the molecule is O=c1c2c([nH]n1C1CCNC1)CCS(=O)(=O)C2. The Labute approximate surface area is 98.9 Å². The molecule has 1 aromatic heterocycles. The molecule has 3 rings (SSSR count). The molecule has 0 radical (unpaired) electrons. The van der Waals surface area contributed by atoms with Gasteiger partial charge in [-0.05, 0) is 13.0 Å². The summed E-state index contributed by atoms with van der Waals surface area (Å²) in [6.45, 7) is 1.67. The molecule has 0 amide bonds. The van der Waals surface area contributed by atoms with Crippen LogP contribution in [0, 0.1) is 0 Å². The average Bonchev–Trinajstić information content (AvgIpc) is 2.87. The number of fused-ring (bicyclic) bond motifs is 1. The van der Waals surface area contributed by atoms with Crippen LogP contribution >= 0.6 is 0 Å². The first-order valence-electron chi connectivity index (χ1n) is 5.80. The zero-order valence-corrected chi connectivity index (χ0v) is 10.2. The minimum Gasteiger partial charge on any atom is -0.315 e. The van der Waals surface area contributed by atoms with E-state index in [2.05, 4.69) is 10.4 Å². The molecular formula is C10H15N3O3S. The highest BCUT2D eigenvalue weighted by atomic mass is 32.2. The third-order valence-corrected chi connectivity index (χ3v) is 5.08. The van der Waals surface area contributed by atoms with E-state index in [0.29, 0.717) is 12.0 Å². The summed E-state index contributed by atoms with van der Waals surface area (Å²) < 4.78 is 24.6. The lowest BCUT2D eigenvalue weighted by molar-refractivity contribution is 0.473. The lowest BCUT2D eigenvalue weighted by Gasteiger charge is -2.09. The second-order valence-electron chi connectivity index (χ2n) is 4.73. The highest BCUT2D eigenvalue weighted by Gasteiger charge is 2.29. The van der Waals surface area contributed by atoms with E-state index in [0.717, 1.165) is 25.2 Å². The second kappa shape index (κ2) is 3.71.